The van der Waals surface area contributed by atoms with Crippen molar-refractivity contribution in [2.45, 2.75) is 0 Å². The van der Waals surface area contributed by atoms with Crippen LogP contribution in [0.5, 0.6) is 0 Å². The van der Waals surface area contributed by atoms with Crippen molar-refractivity contribution >= 4 is 24.2 Å². The topological polar surface area (TPSA) is 95.2 Å². The fourth-order valence-electron chi connectivity index (χ4n) is 1.65. The summed E-state index contributed by atoms with van der Waals surface area (Å²) in [5.74, 6) is -1.07. The molecule has 0 unspecified atom stereocenters. The summed E-state index contributed by atoms with van der Waals surface area (Å²) in [6.45, 7) is -0.260. The van der Waals surface area contributed by atoms with Gasteiger partial charge >= 0.3 is 5.91 Å². The highest BCUT2D eigenvalue weighted by Gasteiger charge is 2.16. The van der Waals surface area contributed by atoms with Gasteiger partial charge in [-0.25, -0.2) is 9.99 Å². The molecule has 1 aromatic carbocycles. The average molecular weight is 298 g/mol. The molecule has 0 saturated carbocycles. The Bertz CT molecular complexity index is 665. The van der Waals surface area contributed by atoms with Crippen molar-refractivity contribution in [2.24, 2.45) is 0 Å². The Morgan fingerprint density at radius 1 is 1.27 bits per heavy atom. The number of amides is 2. The number of rotatable bonds is 5. The van der Waals surface area contributed by atoms with Gasteiger partial charge in [-0.2, -0.15) is 0 Å². The van der Waals surface area contributed by atoms with Crippen LogP contribution in [-0.4, -0.2) is 39.6 Å². The van der Waals surface area contributed by atoms with Gasteiger partial charge in [0.25, 0.3) is 5.91 Å². The van der Waals surface area contributed by atoms with E-state index in [4.69, 9.17) is 0 Å². The zero-order valence-electron chi connectivity index (χ0n) is 11.6. The van der Waals surface area contributed by atoms with Crippen LogP contribution in [0.3, 0.4) is 0 Å². The first-order valence-electron chi connectivity index (χ1n) is 6.49. The molecule has 0 aliphatic heterocycles. The van der Waals surface area contributed by atoms with Crippen LogP contribution in [0.1, 0.15) is 16.2 Å². The standard InChI is InChI=1S/C15H14N4O3/c20-11-10-19(18-15(22)14-16-8-9-17-14)13(21)7-6-12-4-2-1-3-5-12/h1-9,11H,10H2,(H,16,17)(H,18,22)/b7-6+. The minimum atomic E-state index is -0.603. The number of H-pyrrole nitrogens is 1. The van der Waals surface area contributed by atoms with Crippen molar-refractivity contribution in [1.29, 1.82) is 0 Å². The first-order chi connectivity index (χ1) is 10.7. The third-order valence-electron chi connectivity index (χ3n) is 2.69. The van der Waals surface area contributed by atoms with E-state index in [0.717, 1.165) is 10.6 Å². The number of carbonyl (C=O) groups excluding carboxylic acids is 3. The van der Waals surface area contributed by atoms with Crippen molar-refractivity contribution in [3.8, 4) is 0 Å². The lowest BCUT2D eigenvalue weighted by Gasteiger charge is -2.18. The lowest BCUT2D eigenvalue weighted by molar-refractivity contribution is -0.130. The molecule has 0 bridgehead atoms. The number of benzene rings is 1. The number of aromatic amines is 1. The molecule has 0 spiro atoms. The SMILES string of the molecule is O=CCN(NC(=O)c1ncc[nH]1)C(=O)/C=C/c1ccccc1. The molecule has 2 aromatic rings. The van der Waals surface area contributed by atoms with Crippen molar-refractivity contribution < 1.29 is 14.4 Å². The molecule has 0 radical (unpaired) electrons. The van der Waals surface area contributed by atoms with E-state index in [1.165, 1.54) is 18.5 Å². The normalized spacial score (nSPS) is 10.4. The predicted octanol–water partition coefficient (Wildman–Crippen LogP) is 0.795. The molecule has 1 heterocycles. The number of hydrogen-bond acceptors (Lipinski definition) is 4. The molecular formula is C15H14N4O3. The Balaban J connectivity index is 2.03. The van der Waals surface area contributed by atoms with E-state index < -0.39 is 11.8 Å². The van der Waals surface area contributed by atoms with Gasteiger partial charge < -0.3 is 9.78 Å². The second kappa shape index (κ2) is 7.53. The van der Waals surface area contributed by atoms with Crippen LogP contribution in [0, 0.1) is 0 Å². The maximum atomic E-state index is 12.0. The van der Waals surface area contributed by atoms with Crippen LogP contribution in [0.2, 0.25) is 0 Å². The lowest BCUT2D eigenvalue weighted by atomic mass is 10.2. The zero-order chi connectivity index (χ0) is 15.8. The molecule has 0 atom stereocenters. The summed E-state index contributed by atoms with van der Waals surface area (Å²) in [5, 5.41) is 0.914. The molecule has 112 valence electrons. The Morgan fingerprint density at radius 3 is 2.68 bits per heavy atom. The minimum Gasteiger partial charge on any atom is -0.340 e. The third kappa shape index (κ3) is 4.14. The van der Waals surface area contributed by atoms with E-state index in [0.29, 0.717) is 6.29 Å². The number of nitrogens with zero attached hydrogens (tertiary/aromatic N) is 2. The fraction of sp³-hybridized carbons (Fsp3) is 0.0667. The molecule has 7 nitrogen and oxygen atoms in total. The first kappa shape index (κ1) is 15.2. The summed E-state index contributed by atoms with van der Waals surface area (Å²) in [4.78, 5) is 40.9. The lowest BCUT2D eigenvalue weighted by Crippen LogP contribution is -2.46. The fourth-order valence-corrected chi connectivity index (χ4v) is 1.65. The molecule has 2 N–H and O–H groups in total. The number of aromatic nitrogens is 2. The summed E-state index contributed by atoms with van der Waals surface area (Å²) in [5.41, 5.74) is 3.16. The molecule has 2 amide bonds. The number of carbonyl (C=O) groups is 3. The largest absolute Gasteiger partial charge is 0.340 e. The monoisotopic (exact) mass is 298 g/mol. The van der Waals surface area contributed by atoms with Crippen LogP contribution in [0.25, 0.3) is 6.08 Å². The molecule has 0 saturated heterocycles. The third-order valence-corrected chi connectivity index (χ3v) is 2.69. The molecule has 2 rings (SSSR count). The Labute approximate surface area is 126 Å². The number of hydrogen-bond donors (Lipinski definition) is 2. The van der Waals surface area contributed by atoms with E-state index in [-0.39, 0.29) is 12.4 Å². The highest BCUT2D eigenvalue weighted by molar-refractivity contribution is 5.96. The summed E-state index contributed by atoms with van der Waals surface area (Å²) < 4.78 is 0. The van der Waals surface area contributed by atoms with Crippen molar-refractivity contribution in [2.75, 3.05) is 6.54 Å². The highest BCUT2D eigenvalue weighted by Crippen LogP contribution is 2.01. The second-order valence-corrected chi connectivity index (χ2v) is 4.24. The summed E-state index contributed by atoms with van der Waals surface area (Å²) in [7, 11) is 0. The second-order valence-electron chi connectivity index (χ2n) is 4.24. The zero-order valence-corrected chi connectivity index (χ0v) is 11.6. The molecule has 22 heavy (non-hydrogen) atoms. The van der Waals surface area contributed by atoms with Crippen LogP contribution in [0.4, 0.5) is 0 Å². The van der Waals surface area contributed by atoms with Crippen LogP contribution < -0.4 is 5.43 Å². The van der Waals surface area contributed by atoms with Gasteiger partial charge in [-0.3, -0.25) is 15.0 Å². The quantitative estimate of drug-likeness (QED) is 0.485. The van der Waals surface area contributed by atoms with E-state index in [2.05, 4.69) is 15.4 Å². The van der Waals surface area contributed by atoms with Crippen LogP contribution >= 0.6 is 0 Å². The predicted molar refractivity (Wildman–Crippen MR) is 79.3 cm³/mol. The van der Waals surface area contributed by atoms with Crippen molar-refractivity contribution in [3.63, 3.8) is 0 Å². The summed E-state index contributed by atoms with van der Waals surface area (Å²) in [6, 6.07) is 9.20. The molecule has 0 fully saturated rings. The summed E-state index contributed by atoms with van der Waals surface area (Å²) >= 11 is 0. The Hall–Kier alpha value is -3.22. The van der Waals surface area contributed by atoms with Gasteiger partial charge in [0.15, 0.2) is 5.82 Å². The van der Waals surface area contributed by atoms with E-state index in [1.807, 2.05) is 30.3 Å². The van der Waals surface area contributed by atoms with Crippen molar-refractivity contribution in [1.82, 2.24) is 20.4 Å². The van der Waals surface area contributed by atoms with Gasteiger partial charge in [0.1, 0.15) is 6.29 Å². The number of imidazole rings is 1. The van der Waals surface area contributed by atoms with Gasteiger partial charge in [-0.05, 0) is 11.6 Å². The summed E-state index contributed by atoms with van der Waals surface area (Å²) in [6.07, 6.45) is 6.29. The Morgan fingerprint density at radius 2 is 2.05 bits per heavy atom. The highest BCUT2D eigenvalue weighted by atomic mass is 16.2. The van der Waals surface area contributed by atoms with Gasteiger partial charge in [-0.1, -0.05) is 30.3 Å². The minimum absolute atomic E-state index is 0.0516. The molecular weight excluding hydrogens is 284 g/mol. The van der Waals surface area contributed by atoms with Gasteiger partial charge in [0.2, 0.25) is 0 Å². The number of aldehydes is 1. The average Bonchev–Trinajstić information content (AvgIpc) is 3.07. The maximum absolute atomic E-state index is 12.0. The van der Waals surface area contributed by atoms with Crippen LogP contribution in [-0.2, 0) is 9.59 Å². The molecule has 1 aromatic heterocycles. The smallest absolute Gasteiger partial charge is 0.305 e. The molecule has 0 aliphatic rings. The van der Waals surface area contributed by atoms with E-state index in [1.54, 1.807) is 6.08 Å². The maximum Gasteiger partial charge on any atom is 0.305 e. The van der Waals surface area contributed by atoms with Gasteiger partial charge in [0.05, 0.1) is 6.54 Å². The van der Waals surface area contributed by atoms with Gasteiger partial charge in [0, 0.05) is 18.5 Å². The molecule has 7 heteroatoms. The molecule has 0 aliphatic carbocycles. The Kier molecular flexibility index (Phi) is 5.20. The van der Waals surface area contributed by atoms with Crippen molar-refractivity contribution in [3.05, 3.63) is 60.2 Å². The van der Waals surface area contributed by atoms with E-state index in [9.17, 15) is 14.4 Å². The van der Waals surface area contributed by atoms with E-state index >= 15 is 0 Å². The number of nitrogens with one attached hydrogen (secondary N) is 2. The first-order valence-corrected chi connectivity index (χ1v) is 6.49. The van der Waals surface area contributed by atoms with Gasteiger partial charge in [-0.15, -0.1) is 0 Å². The number of hydrazine groups is 1. The van der Waals surface area contributed by atoms with Crippen LogP contribution in [0.15, 0.2) is 48.8 Å².